The lowest BCUT2D eigenvalue weighted by Crippen LogP contribution is -2.36. The molecule has 1 aliphatic heterocycles. The Kier molecular flexibility index (Phi) is 7.25. The van der Waals surface area contributed by atoms with E-state index in [1.807, 2.05) is 24.3 Å². The number of hydrogen-bond acceptors (Lipinski definition) is 8. The molecule has 0 unspecified atom stereocenters. The van der Waals surface area contributed by atoms with E-state index in [1.54, 1.807) is 11.0 Å². The molecule has 3 aromatic rings. The summed E-state index contributed by atoms with van der Waals surface area (Å²) in [6.07, 6.45) is 1.83. The van der Waals surface area contributed by atoms with Crippen molar-refractivity contribution in [3.05, 3.63) is 63.9 Å². The molecule has 2 aromatic carbocycles. The molecule has 0 aliphatic carbocycles. The van der Waals surface area contributed by atoms with Gasteiger partial charge in [-0.3, -0.25) is 19.4 Å². The number of aromatic nitrogens is 2. The number of aromatic amines is 1. The Morgan fingerprint density at radius 2 is 1.94 bits per heavy atom. The molecular weight excluding hydrogens is 470 g/mol. The van der Waals surface area contributed by atoms with Gasteiger partial charge < -0.3 is 25.4 Å². The fraction of sp³-hybridized carbons (Fsp3) is 0.250. The topological polar surface area (TPSA) is 140 Å². The molecule has 1 aliphatic rings. The van der Waals surface area contributed by atoms with Gasteiger partial charge in [0.25, 0.3) is 11.5 Å². The molecule has 0 bridgehead atoms. The smallest absolute Gasteiger partial charge is 0.277 e. The number of H-pyrrole nitrogens is 1. The van der Waals surface area contributed by atoms with Crippen molar-refractivity contribution in [1.82, 2.24) is 9.97 Å². The van der Waals surface area contributed by atoms with Crippen LogP contribution in [0.15, 0.2) is 52.4 Å². The van der Waals surface area contributed by atoms with E-state index in [1.165, 1.54) is 26.4 Å². The number of benzene rings is 2. The Morgan fingerprint density at radius 3 is 2.69 bits per heavy atom. The Morgan fingerprint density at radius 1 is 1.17 bits per heavy atom. The van der Waals surface area contributed by atoms with Gasteiger partial charge in [-0.05, 0) is 42.7 Å². The van der Waals surface area contributed by atoms with Crippen LogP contribution in [0.1, 0.15) is 22.3 Å². The van der Waals surface area contributed by atoms with Gasteiger partial charge in [-0.15, -0.1) is 0 Å². The van der Waals surface area contributed by atoms with Crippen molar-refractivity contribution in [3.8, 4) is 11.5 Å². The van der Waals surface area contributed by atoms with Crippen LogP contribution in [0.25, 0.3) is 0 Å². The highest BCUT2D eigenvalue weighted by atomic mass is 32.2. The number of fused-ring (bicyclic) bond motifs is 1. The largest absolute Gasteiger partial charge is 0.493 e. The molecule has 11 heteroatoms. The van der Waals surface area contributed by atoms with Gasteiger partial charge >= 0.3 is 0 Å². The number of anilines is 3. The zero-order chi connectivity index (χ0) is 24.9. The van der Waals surface area contributed by atoms with Gasteiger partial charge in [-0.1, -0.05) is 30.0 Å². The zero-order valence-corrected chi connectivity index (χ0v) is 20.1. The number of aryl methyl sites for hydroxylation is 1. The van der Waals surface area contributed by atoms with Crippen molar-refractivity contribution in [3.63, 3.8) is 0 Å². The summed E-state index contributed by atoms with van der Waals surface area (Å²) in [7, 11) is 2.94. The lowest BCUT2D eigenvalue weighted by atomic mass is 10.0. The second kappa shape index (κ2) is 10.5. The third kappa shape index (κ3) is 5.24. The fourth-order valence-corrected chi connectivity index (χ4v) is 4.57. The maximum Gasteiger partial charge on any atom is 0.277 e. The Bertz CT molecular complexity index is 1330. The SMILES string of the molecule is COc1ccc(C(=O)Nc2c(N)nc(SCC(=O)N3CCCc4ccccc43)[nH]c2=O)cc1OC. The fourth-order valence-electron chi connectivity index (χ4n) is 3.82. The number of amides is 2. The van der Waals surface area contributed by atoms with Crippen LogP contribution in [0, 0.1) is 0 Å². The minimum Gasteiger partial charge on any atom is -0.493 e. The summed E-state index contributed by atoms with van der Waals surface area (Å²) < 4.78 is 10.4. The summed E-state index contributed by atoms with van der Waals surface area (Å²) in [5.74, 6) is 0.105. The number of nitrogen functional groups attached to an aromatic ring is 1. The van der Waals surface area contributed by atoms with Gasteiger partial charge in [0, 0.05) is 17.8 Å². The zero-order valence-electron chi connectivity index (χ0n) is 19.3. The molecular formula is C24H25N5O5S. The van der Waals surface area contributed by atoms with Gasteiger partial charge in [0.05, 0.1) is 20.0 Å². The first kappa shape index (κ1) is 24.1. The minimum atomic E-state index is -0.621. The van der Waals surface area contributed by atoms with Crippen molar-refractivity contribution in [1.29, 1.82) is 0 Å². The summed E-state index contributed by atoms with van der Waals surface area (Å²) in [6.45, 7) is 0.642. The van der Waals surface area contributed by atoms with E-state index in [9.17, 15) is 14.4 Å². The van der Waals surface area contributed by atoms with Crippen molar-refractivity contribution in [2.75, 3.05) is 42.5 Å². The van der Waals surface area contributed by atoms with E-state index in [0.29, 0.717) is 18.0 Å². The lowest BCUT2D eigenvalue weighted by Gasteiger charge is -2.29. The van der Waals surface area contributed by atoms with Crippen LogP contribution in [0.3, 0.4) is 0 Å². The van der Waals surface area contributed by atoms with Crippen LogP contribution in [0.4, 0.5) is 17.2 Å². The van der Waals surface area contributed by atoms with E-state index >= 15 is 0 Å². The lowest BCUT2D eigenvalue weighted by molar-refractivity contribution is -0.116. The number of thioether (sulfide) groups is 1. The standard InChI is InChI=1S/C24H25N5O5S/c1-33-17-10-9-15(12-18(17)34-2)22(31)26-20-21(25)27-24(28-23(20)32)35-13-19(30)29-11-5-7-14-6-3-4-8-16(14)29/h3-4,6,8-10,12H,5,7,11,13H2,1-2H3,(H,26,31)(H3,25,27,28,32). The number of hydrogen-bond donors (Lipinski definition) is 3. The summed E-state index contributed by atoms with van der Waals surface area (Å²) >= 11 is 1.08. The number of methoxy groups -OCH3 is 2. The van der Waals surface area contributed by atoms with Gasteiger partial charge in [0.15, 0.2) is 22.5 Å². The number of rotatable bonds is 7. The van der Waals surface area contributed by atoms with Crippen molar-refractivity contribution >= 4 is 40.8 Å². The number of carbonyl (C=O) groups excluding carboxylic acids is 2. The summed E-state index contributed by atoms with van der Waals surface area (Å²) in [6, 6.07) is 12.4. The van der Waals surface area contributed by atoms with E-state index in [2.05, 4.69) is 15.3 Å². The number of carbonyl (C=O) groups is 2. The summed E-state index contributed by atoms with van der Waals surface area (Å²) in [5, 5.41) is 2.68. The van der Waals surface area contributed by atoms with Crippen LogP contribution in [0.5, 0.6) is 11.5 Å². The molecule has 4 rings (SSSR count). The van der Waals surface area contributed by atoms with Crippen molar-refractivity contribution in [2.24, 2.45) is 0 Å². The van der Waals surface area contributed by atoms with Crippen molar-refractivity contribution in [2.45, 2.75) is 18.0 Å². The molecule has 2 amide bonds. The number of nitrogens with two attached hydrogens (primary N) is 1. The Balaban J connectivity index is 1.44. The van der Waals surface area contributed by atoms with Gasteiger partial charge in [-0.2, -0.15) is 0 Å². The molecule has 10 nitrogen and oxygen atoms in total. The number of nitrogens with zero attached hydrogens (tertiary/aromatic N) is 2. The quantitative estimate of drug-likeness (QED) is 0.336. The molecule has 0 saturated carbocycles. The second-order valence-electron chi connectivity index (χ2n) is 7.72. The normalized spacial score (nSPS) is 12.6. The molecule has 0 fully saturated rings. The van der Waals surface area contributed by atoms with Gasteiger partial charge in [-0.25, -0.2) is 4.98 Å². The average molecular weight is 496 g/mol. The maximum atomic E-state index is 12.8. The molecule has 0 saturated heterocycles. The number of nitrogens with one attached hydrogen (secondary N) is 2. The van der Waals surface area contributed by atoms with Crippen LogP contribution in [-0.2, 0) is 11.2 Å². The highest BCUT2D eigenvalue weighted by Crippen LogP contribution is 2.29. The van der Waals surface area contributed by atoms with Gasteiger partial charge in [0.2, 0.25) is 5.91 Å². The highest BCUT2D eigenvalue weighted by molar-refractivity contribution is 7.99. The Hall–Kier alpha value is -3.99. The van der Waals surface area contributed by atoms with Crippen LogP contribution < -0.4 is 31.0 Å². The molecule has 2 heterocycles. The predicted molar refractivity (Wildman–Crippen MR) is 135 cm³/mol. The molecule has 4 N–H and O–H groups in total. The first-order valence-electron chi connectivity index (χ1n) is 10.9. The monoisotopic (exact) mass is 495 g/mol. The highest BCUT2D eigenvalue weighted by Gasteiger charge is 2.23. The van der Waals surface area contributed by atoms with Crippen LogP contribution >= 0.6 is 11.8 Å². The number of para-hydroxylation sites is 1. The molecule has 0 radical (unpaired) electrons. The van der Waals surface area contributed by atoms with E-state index in [0.717, 1.165) is 35.9 Å². The molecule has 0 atom stereocenters. The first-order valence-corrected chi connectivity index (χ1v) is 11.8. The van der Waals surface area contributed by atoms with Crippen molar-refractivity contribution < 1.29 is 19.1 Å². The Labute approximate surface area is 205 Å². The molecule has 1 aromatic heterocycles. The maximum absolute atomic E-state index is 12.8. The van der Waals surface area contributed by atoms with Crippen LogP contribution in [-0.4, -0.2) is 48.3 Å². The second-order valence-corrected chi connectivity index (χ2v) is 8.69. The summed E-state index contributed by atoms with van der Waals surface area (Å²) in [4.78, 5) is 46.6. The summed E-state index contributed by atoms with van der Waals surface area (Å²) in [5.41, 5.74) is 7.47. The third-order valence-corrected chi connectivity index (χ3v) is 6.41. The molecule has 35 heavy (non-hydrogen) atoms. The predicted octanol–water partition coefficient (Wildman–Crippen LogP) is 2.69. The van der Waals surface area contributed by atoms with E-state index in [4.69, 9.17) is 15.2 Å². The minimum absolute atomic E-state index is 0.0774. The molecule has 0 spiro atoms. The molecule has 182 valence electrons. The average Bonchev–Trinajstić information content (AvgIpc) is 2.88. The number of ether oxygens (including phenoxy) is 2. The van der Waals surface area contributed by atoms with Gasteiger partial charge in [0.1, 0.15) is 5.69 Å². The van der Waals surface area contributed by atoms with E-state index in [-0.39, 0.29) is 33.9 Å². The van der Waals surface area contributed by atoms with Crippen LogP contribution in [0.2, 0.25) is 0 Å². The third-order valence-electron chi connectivity index (χ3n) is 5.55. The van der Waals surface area contributed by atoms with E-state index < -0.39 is 11.5 Å². The first-order chi connectivity index (χ1) is 16.9.